The summed E-state index contributed by atoms with van der Waals surface area (Å²) in [7, 11) is -3.87. The zero-order valence-electron chi connectivity index (χ0n) is 16.1. The first-order valence-electron chi connectivity index (χ1n) is 9.32. The van der Waals surface area contributed by atoms with E-state index in [4.69, 9.17) is 9.15 Å². The van der Waals surface area contributed by atoms with Crippen LogP contribution in [0.2, 0.25) is 0 Å². The molecular weight excluding hydrogens is 456 g/mol. The Morgan fingerprint density at radius 1 is 1.00 bits per heavy atom. The van der Waals surface area contributed by atoms with Crippen molar-refractivity contribution in [2.45, 2.75) is 36.0 Å². The van der Waals surface area contributed by atoms with Crippen LogP contribution in [0.1, 0.15) is 13.8 Å². The van der Waals surface area contributed by atoms with Gasteiger partial charge in [-0.2, -0.15) is 4.98 Å². The summed E-state index contributed by atoms with van der Waals surface area (Å²) >= 11 is 3.34. The van der Waals surface area contributed by atoms with E-state index in [-0.39, 0.29) is 33.9 Å². The number of hydrogen-bond acceptors (Lipinski definition) is 6. The molecule has 1 aliphatic rings. The van der Waals surface area contributed by atoms with E-state index in [1.807, 2.05) is 49.1 Å². The predicted octanol–water partition coefficient (Wildman–Crippen LogP) is 4.55. The quantitative estimate of drug-likeness (QED) is 0.549. The Morgan fingerprint density at radius 2 is 1.62 bits per heavy atom. The first-order valence-corrected chi connectivity index (χ1v) is 11.6. The molecule has 2 unspecified atom stereocenters. The molecule has 0 saturated carbocycles. The van der Waals surface area contributed by atoms with Crippen molar-refractivity contribution >= 4 is 31.7 Å². The minimum Gasteiger partial charge on any atom is -0.419 e. The standard InChI is InChI=1S/C21H21BrN2O4S/c1-14-12-24(13-15(2)27-14)21-20(23-19(28-21)16-6-4-3-5-7-16)29(25,26)18-10-8-17(22)9-11-18/h3-11,14-15H,12-13H2,1-2H3. The number of aromatic nitrogens is 1. The lowest BCUT2D eigenvalue weighted by molar-refractivity contribution is -0.00657. The van der Waals surface area contributed by atoms with Crippen LogP contribution >= 0.6 is 15.9 Å². The second kappa shape index (κ2) is 7.93. The van der Waals surface area contributed by atoms with Crippen molar-refractivity contribution in [1.82, 2.24) is 4.98 Å². The molecule has 0 spiro atoms. The fourth-order valence-corrected chi connectivity index (χ4v) is 5.03. The summed E-state index contributed by atoms with van der Waals surface area (Å²) in [5, 5.41) is -0.0695. The minimum atomic E-state index is -3.87. The van der Waals surface area contributed by atoms with Crippen LogP contribution in [0.25, 0.3) is 11.5 Å². The van der Waals surface area contributed by atoms with Crippen LogP contribution in [0.4, 0.5) is 5.88 Å². The highest BCUT2D eigenvalue weighted by Crippen LogP contribution is 2.36. The number of hydrogen-bond donors (Lipinski definition) is 0. The summed E-state index contributed by atoms with van der Waals surface area (Å²) in [6.07, 6.45) is -0.0977. The maximum absolute atomic E-state index is 13.4. The molecule has 3 aromatic rings. The fourth-order valence-electron chi connectivity index (χ4n) is 3.45. The maximum atomic E-state index is 13.4. The van der Waals surface area contributed by atoms with E-state index in [1.165, 1.54) is 0 Å². The monoisotopic (exact) mass is 476 g/mol. The van der Waals surface area contributed by atoms with Gasteiger partial charge in [0.1, 0.15) is 0 Å². The van der Waals surface area contributed by atoms with Crippen LogP contribution in [0.3, 0.4) is 0 Å². The molecule has 6 nitrogen and oxygen atoms in total. The SMILES string of the molecule is CC1CN(c2oc(-c3ccccc3)nc2S(=O)(=O)c2ccc(Br)cc2)CC(C)O1. The first-order chi connectivity index (χ1) is 13.8. The highest BCUT2D eigenvalue weighted by Gasteiger charge is 2.34. The Morgan fingerprint density at radius 3 is 2.24 bits per heavy atom. The predicted molar refractivity (Wildman–Crippen MR) is 114 cm³/mol. The third kappa shape index (κ3) is 4.10. The Labute approximate surface area is 178 Å². The van der Waals surface area contributed by atoms with Crippen molar-refractivity contribution in [2.24, 2.45) is 0 Å². The molecule has 1 fully saturated rings. The lowest BCUT2D eigenvalue weighted by Gasteiger charge is -2.35. The Bertz CT molecular complexity index is 1090. The third-order valence-electron chi connectivity index (χ3n) is 4.69. The number of rotatable bonds is 4. The van der Waals surface area contributed by atoms with Crippen LogP contribution in [0.5, 0.6) is 0 Å². The van der Waals surface area contributed by atoms with E-state index in [9.17, 15) is 8.42 Å². The largest absolute Gasteiger partial charge is 0.419 e. The number of nitrogens with zero attached hydrogens (tertiary/aromatic N) is 2. The summed E-state index contributed by atoms with van der Waals surface area (Å²) < 4.78 is 39.5. The van der Waals surface area contributed by atoms with E-state index >= 15 is 0 Å². The minimum absolute atomic E-state index is 0.0488. The number of sulfone groups is 1. The molecule has 0 bridgehead atoms. The van der Waals surface area contributed by atoms with Gasteiger partial charge in [0.25, 0.3) is 0 Å². The highest BCUT2D eigenvalue weighted by atomic mass is 79.9. The lowest BCUT2D eigenvalue weighted by atomic mass is 10.2. The van der Waals surface area contributed by atoms with Crippen LogP contribution in [0.15, 0.2) is 73.4 Å². The number of oxazole rings is 1. The van der Waals surface area contributed by atoms with Crippen LogP contribution in [-0.4, -0.2) is 38.7 Å². The molecule has 2 aromatic carbocycles. The number of morpholine rings is 1. The smallest absolute Gasteiger partial charge is 0.236 e. The normalized spacial score (nSPS) is 20.0. The van der Waals surface area contributed by atoms with Crippen LogP contribution in [-0.2, 0) is 14.6 Å². The van der Waals surface area contributed by atoms with Gasteiger partial charge < -0.3 is 14.1 Å². The summed E-state index contributed by atoms with van der Waals surface area (Å²) in [6, 6.07) is 15.8. The molecule has 0 N–H and O–H groups in total. The molecular formula is C21H21BrN2O4S. The molecule has 0 aliphatic carbocycles. The van der Waals surface area contributed by atoms with E-state index < -0.39 is 9.84 Å². The molecule has 29 heavy (non-hydrogen) atoms. The van der Waals surface area contributed by atoms with Crippen molar-refractivity contribution in [3.05, 3.63) is 59.1 Å². The molecule has 8 heteroatoms. The van der Waals surface area contributed by atoms with Gasteiger partial charge in [-0.3, -0.25) is 0 Å². The maximum Gasteiger partial charge on any atom is 0.236 e. The third-order valence-corrected chi connectivity index (χ3v) is 6.88. The number of benzene rings is 2. The second-order valence-electron chi connectivity index (χ2n) is 7.12. The van der Waals surface area contributed by atoms with Crippen LogP contribution < -0.4 is 4.90 Å². The molecule has 2 atom stereocenters. The number of halogens is 1. The van der Waals surface area contributed by atoms with Gasteiger partial charge >= 0.3 is 0 Å². The lowest BCUT2D eigenvalue weighted by Crippen LogP contribution is -2.45. The summed E-state index contributed by atoms with van der Waals surface area (Å²) in [5.74, 6) is 0.539. The molecule has 2 heterocycles. The molecule has 0 radical (unpaired) electrons. The van der Waals surface area contributed by atoms with Crippen molar-refractivity contribution < 1.29 is 17.6 Å². The van der Waals surface area contributed by atoms with Crippen molar-refractivity contribution in [2.75, 3.05) is 18.0 Å². The molecule has 0 amide bonds. The first kappa shape index (κ1) is 20.1. The van der Waals surface area contributed by atoms with Gasteiger partial charge in [0, 0.05) is 23.1 Å². The topological polar surface area (TPSA) is 72.6 Å². The van der Waals surface area contributed by atoms with Crippen molar-refractivity contribution in [1.29, 1.82) is 0 Å². The van der Waals surface area contributed by atoms with Crippen molar-refractivity contribution in [3.63, 3.8) is 0 Å². The Hall–Kier alpha value is -2.16. The average Bonchev–Trinajstić information content (AvgIpc) is 3.15. The van der Waals surface area contributed by atoms with Gasteiger partial charge in [0.05, 0.1) is 17.1 Å². The van der Waals surface area contributed by atoms with Gasteiger partial charge in [-0.15, -0.1) is 0 Å². The van der Waals surface area contributed by atoms with E-state index in [2.05, 4.69) is 20.9 Å². The van der Waals surface area contributed by atoms with Gasteiger partial charge in [-0.25, -0.2) is 8.42 Å². The average molecular weight is 477 g/mol. The molecule has 1 saturated heterocycles. The Balaban J connectivity index is 1.85. The molecule has 4 rings (SSSR count). The van der Waals surface area contributed by atoms with Gasteiger partial charge in [-0.05, 0) is 50.2 Å². The highest BCUT2D eigenvalue weighted by molar-refractivity contribution is 9.10. The number of ether oxygens (including phenoxy) is 1. The summed E-state index contributed by atoms with van der Waals surface area (Å²) in [6.45, 7) is 4.97. The van der Waals surface area contributed by atoms with Crippen LogP contribution in [0, 0.1) is 0 Å². The summed E-state index contributed by atoms with van der Waals surface area (Å²) in [4.78, 5) is 6.50. The number of anilines is 1. The second-order valence-corrected chi connectivity index (χ2v) is 9.90. The Kier molecular flexibility index (Phi) is 5.50. The zero-order chi connectivity index (χ0) is 20.6. The fraction of sp³-hybridized carbons (Fsp3) is 0.286. The summed E-state index contributed by atoms with van der Waals surface area (Å²) in [5.41, 5.74) is 0.723. The van der Waals surface area contributed by atoms with Gasteiger partial charge in [0.15, 0.2) is 0 Å². The van der Waals surface area contributed by atoms with E-state index in [0.717, 1.165) is 10.0 Å². The molecule has 1 aromatic heterocycles. The van der Waals surface area contributed by atoms with Gasteiger partial charge in [-0.1, -0.05) is 34.1 Å². The zero-order valence-corrected chi connectivity index (χ0v) is 18.5. The van der Waals surface area contributed by atoms with Crippen molar-refractivity contribution in [3.8, 4) is 11.5 Å². The van der Waals surface area contributed by atoms with E-state index in [0.29, 0.717) is 13.1 Å². The van der Waals surface area contributed by atoms with Gasteiger partial charge in [0.2, 0.25) is 26.6 Å². The molecule has 1 aliphatic heterocycles. The van der Waals surface area contributed by atoms with E-state index in [1.54, 1.807) is 24.3 Å². The molecule has 152 valence electrons.